The minimum Gasteiger partial charge on any atom is -0.493 e. The Morgan fingerprint density at radius 2 is 1.77 bits per heavy atom. The lowest BCUT2D eigenvalue weighted by Crippen LogP contribution is -2.31. The van der Waals surface area contributed by atoms with Crippen LogP contribution >= 0.6 is 11.3 Å². The minimum absolute atomic E-state index is 0.0249. The van der Waals surface area contributed by atoms with Crippen molar-refractivity contribution in [2.75, 3.05) is 14.2 Å². The van der Waals surface area contributed by atoms with Gasteiger partial charge in [0.15, 0.2) is 11.5 Å². The van der Waals surface area contributed by atoms with Crippen LogP contribution in [0.2, 0.25) is 0 Å². The average Bonchev–Trinajstić information content (AvgIpc) is 2.91. The first-order chi connectivity index (χ1) is 12.5. The second kappa shape index (κ2) is 7.62. The summed E-state index contributed by atoms with van der Waals surface area (Å²) < 4.78 is 13.2. The Labute approximate surface area is 156 Å². The second-order valence-corrected chi connectivity index (χ2v) is 7.00. The van der Waals surface area contributed by atoms with Crippen molar-refractivity contribution >= 4 is 24.0 Å². The van der Waals surface area contributed by atoms with Gasteiger partial charge in [-0.05, 0) is 36.3 Å². The van der Waals surface area contributed by atoms with Crippen LogP contribution < -0.4 is 24.2 Å². The molecular formula is C21H21NO3S. The van der Waals surface area contributed by atoms with Crippen LogP contribution in [-0.4, -0.2) is 18.8 Å². The van der Waals surface area contributed by atoms with Crippen LogP contribution in [0, 0.1) is 6.92 Å². The van der Waals surface area contributed by atoms with Gasteiger partial charge in [-0.25, -0.2) is 0 Å². The van der Waals surface area contributed by atoms with Gasteiger partial charge in [0.1, 0.15) is 0 Å². The van der Waals surface area contributed by atoms with Gasteiger partial charge in [0.25, 0.3) is 0 Å². The number of aryl methyl sites for hydroxylation is 1. The van der Waals surface area contributed by atoms with Crippen LogP contribution in [0.3, 0.4) is 0 Å². The molecule has 3 aromatic rings. The maximum Gasteiger partial charge on any atom is 0.308 e. The normalized spacial score (nSPS) is 11.6. The van der Waals surface area contributed by atoms with Gasteiger partial charge in [-0.3, -0.25) is 9.36 Å². The molecule has 26 heavy (non-hydrogen) atoms. The molecule has 1 aromatic heterocycles. The maximum absolute atomic E-state index is 12.5. The third-order valence-electron chi connectivity index (χ3n) is 4.19. The van der Waals surface area contributed by atoms with E-state index in [0.717, 1.165) is 21.0 Å². The smallest absolute Gasteiger partial charge is 0.308 e. The largest absolute Gasteiger partial charge is 0.493 e. The molecule has 0 saturated carbocycles. The van der Waals surface area contributed by atoms with Crippen molar-refractivity contribution in [2.45, 2.75) is 13.5 Å². The summed E-state index contributed by atoms with van der Waals surface area (Å²) in [5.41, 5.74) is 3.21. The summed E-state index contributed by atoms with van der Waals surface area (Å²) >= 11 is 1.21. The number of thiazole rings is 1. The van der Waals surface area contributed by atoms with Crippen molar-refractivity contribution in [3.05, 3.63) is 78.7 Å². The van der Waals surface area contributed by atoms with Crippen LogP contribution in [0.15, 0.2) is 47.3 Å². The van der Waals surface area contributed by atoms with Gasteiger partial charge < -0.3 is 9.47 Å². The number of aromatic nitrogens is 1. The molecule has 0 fully saturated rings. The molecule has 5 heteroatoms. The maximum atomic E-state index is 12.5. The molecule has 0 amide bonds. The van der Waals surface area contributed by atoms with Crippen LogP contribution in [0.1, 0.15) is 16.7 Å². The Balaban J connectivity index is 1.98. The molecule has 0 unspecified atom stereocenters. The van der Waals surface area contributed by atoms with E-state index in [-0.39, 0.29) is 4.87 Å². The van der Waals surface area contributed by atoms with E-state index in [4.69, 9.17) is 9.47 Å². The van der Waals surface area contributed by atoms with Gasteiger partial charge in [0.05, 0.1) is 30.6 Å². The topological polar surface area (TPSA) is 40.5 Å². The van der Waals surface area contributed by atoms with Crippen LogP contribution in [0.5, 0.6) is 11.5 Å². The van der Waals surface area contributed by atoms with Gasteiger partial charge >= 0.3 is 4.87 Å². The summed E-state index contributed by atoms with van der Waals surface area (Å²) in [6.07, 6.45) is 2.00. The molecule has 0 saturated heterocycles. The quantitative estimate of drug-likeness (QED) is 0.696. The van der Waals surface area contributed by atoms with E-state index < -0.39 is 0 Å². The molecular weight excluding hydrogens is 346 g/mol. The fourth-order valence-electron chi connectivity index (χ4n) is 2.70. The number of hydrogen-bond acceptors (Lipinski definition) is 4. The van der Waals surface area contributed by atoms with E-state index in [9.17, 15) is 4.79 Å². The molecule has 1 heterocycles. The van der Waals surface area contributed by atoms with Crippen LogP contribution in [-0.2, 0) is 6.54 Å². The predicted molar refractivity (Wildman–Crippen MR) is 107 cm³/mol. The first kappa shape index (κ1) is 18.0. The lowest BCUT2D eigenvalue weighted by molar-refractivity contribution is 0.354. The van der Waals surface area contributed by atoms with E-state index in [1.807, 2.05) is 36.4 Å². The third-order valence-corrected chi connectivity index (χ3v) is 5.16. The molecule has 0 spiro atoms. The summed E-state index contributed by atoms with van der Waals surface area (Å²) in [5, 5.41) is 0.718. The van der Waals surface area contributed by atoms with E-state index in [0.29, 0.717) is 18.0 Å². The molecule has 0 N–H and O–H groups in total. The van der Waals surface area contributed by atoms with E-state index in [1.54, 1.807) is 18.8 Å². The van der Waals surface area contributed by atoms with Crippen LogP contribution in [0.4, 0.5) is 0 Å². The summed E-state index contributed by atoms with van der Waals surface area (Å²) in [6, 6.07) is 13.8. The molecule has 0 bridgehead atoms. The Morgan fingerprint density at radius 3 is 2.42 bits per heavy atom. The van der Waals surface area contributed by atoms with E-state index in [1.165, 1.54) is 16.9 Å². The first-order valence-corrected chi connectivity index (χ1v) is 9.01. The molecule has 0 aliphatic rings. The predicted octanol–water partition coefficient (Wildman–Crippen LogP) is 2.52. The highest BCUT2D eigenvalue weighted by atomic mass is 32.1. The average molecular weight is 367 g/mol. The monoisotopic (exact) mass is 367 g/mol. The van der Waals surface area contributed by atoms with Crippen molar-refractivity contribution in [1.82, 2.24) is 4.57 Å². The highest BCUT2D eigenvalue weighted by molar-refractivity contribution is 7.07. The highest BCUT2D eigenvalue weighted by Gasteiger charge is 2.08. The number of methoxy groups -OCH3 is 2. The zero-order valence-electron chi connectivity index (χ0n) is 15.1. The van der Waals surface area contributed by atoms with Gasteiger partial charge in [0, 0.05) is 0 Å². The number of ether oxygens (including phenoxy) is 2. The number of rotatable bonds is 5. The summed E-state index contributed by atoms with van der Waals surface area (Å²) in [6.45, 7) is 6.60. The number of nitrogens with zero attached hydrogens (tertiary/aromatic N) is 1. The Bertz CT molecular complexity index is 1080. The zero-order valence-corrected chi connectivity index (χ0v) is 15.9. The molecule has 3 rings (SSSR count). The molecule has 0 aliphatic heterocycles. The van der Waals surface area contributed by atoms with Gasteiger partial charge in [-0.2, -0.15) is 0 Å². The molecule has 0 atom stereocenters. The zero-order chi connectivity index (χ0) is 18.7. The fourth-order valence-corrected chi connectivity index (χ4v) is 3.60. The minimum atomic E-state index is -0.0249. The number of benzene rings is 2. The highest BCUT2D eigenvalue weighted by Crippen LogP contribution is 2.27. The third kappa shape index (κ3) is 3.73. The lowest BCUT2D eigenvalue weighted by Gasteiger charge is -2.09. The molecule has 0 aliphatic carbocycles. The van der Waals surface area contributed by atoms with E-state index in [2.05, 4.69) is 25.6 Å². The van der Waals surface area contributed by atoms with Crippen molar-refractivity contribution < 1.29 is 9.47 Å². The fraction of sp³-hybridized carbons (Fsp3) is 0.190. The first-order valence-electron chi connectivity index (χ1n) is 8.19. The van der Waals surface area contributed by atoms with Gasteiger partial charge in [-0.1, -0.05) is 53.8 Å². The van der Waals surface area contributed by atoms with Crippen molar-refractivity contribution in [2.24, 2.45) is 0 Å². The van der Waals surface area contributed by atoms with Gasteiger partial charge in [0.2, 0.25) is 0 Å². The summed E-state index contributed by atoms with van der Waals surface area (Å²) in [4.78, 5) is 12.4. The van der Waals surface area contributed by atoms with E-state index >= 15 is 0 Å². The SMILES string of the molecule is C=c1/c(=C/c2ccc(C)cc2)sc(=O)n1Cc1ccc(OC)c(OC)c1. The summed E-state index contributed by atoms with van der Waals surface area (Å²) in [7, 11) is 3.20. The molecule has 0 radical (unpaired) electrons. The Kier molecular flexibility index (Phi) is 5.28. The lowest BCUT2D eigenvalue weighted by atomic mass is 10.1. The number of hydrogen-bond donors (Lipinski definition) is 0. The van der Waals surface area contributed by atoms with Crippen molar-refractivity contribution in [3.63, 3.8) is 0 Å². The standard InChI is InChI=1S/C21H21NO3S/c1-14-5-7-16(8-6-14)12-20-15(2)22(21(23)26-20)13-17-9-10-18(24-3)19(11-17)25-4/h5-12H,2,13H2,1,3-4H3/b20-12-. The Hall–Kier alpha value is -2.79. The van der Waals surface area contributed by atoms with Crippen molar-refractivity contribution in [1.29, 1.82) is 0 Å². The second-order valence-electron chi connectivity index (χ2n) is 6.01. The van der Waals surface area contributed by atoms with Gasteiger partial charge in [-0.15, -0.1) is 0 Å². The molecule has 4 nitrogen and oxygen atoms in total. The molecule has 134 valence electrons. The van der Waals surface area contributed by atoms with Crippen molar-refractivity contribution in [3.8, 4) is 11.5 Å². The Morgan fingerprint density at radius 1 is 1.08 bits per heavy atom. The molecule has 2 aromatic carbocycles. The summed E-state index contributed by atoms with van der Waals surface area (Å²) in [5.74, 6) is 1.31. The van der Waals surface area contributed by atoms with Crippen LogP contribution in [0.25, 0.3) is 12.7 Å².